The molecule has 0 saturated heterocycles. The fraction of sp³-hybridized carbons (Fsp3) is 0.150. The Hall–Kier alpha value is -2.91. The topological polar surface area (TPSA) is 63.6 Å². The summed E-state index contributed by atoms with van der Waals surface area (Å²) in [5, 5.41) is 5.64. The van der Waals surface area contributed by atoms with Gasteiger partial charge in [-0.3, -0.25) is 10.2 Å². The summed E-state index contributed by atoms with van der Waals surface area (Å²) in [7, 11) is 1.55. The summed E-state index contributed by atoms with van der Waals surface area (Å²) in [5.41, 5.74) is 2.53. The maximum atomic E-state index is 13.3. The Morgan fingerprint density at radius 1 is 1.17 bits per heavy atom. The Bertz CT molecular complexity index is 1050. The van der Waals surface area contributed by atoms with Crippen LogP contribution in [0.25, 0.3) is 11.3 Å². The van der Waals surface area contributed by atoms with Crippen molar-refractivity contribution in [1.29, 1.82) is 0 Å². The van der Waals surface area contributed by atoms with Gasteiger partial charge < -0.3 is 4.74 Å². The highest BCUT2D eigenvalue weighted by Gasteiger charge is 2.37. The van der Waals surface area contributed by atoms with E-state index in [2.05, 4.69) is 15.5 Å². The second-order valence-electron chi connectivity index (χ2n) is 6.04. The van der Waals surface area contributed by atoms with Gasteiger partial charge in [-0.25, -0.2) is 4.98 Å². The molecule has 0 aliphatic carbocycles. The van der Waals surface area contributed by atoms with Crippen LogP contribution in [0.1, 0.15) is 16.8 Å². The number of methoxy groups -OCH3 is 1. The number of halogens is 4. The second kappa shape index (κ2) is 9.27. The minimum atomic E-state index is -4.77. The Morgan fingerprint density at radius 3 is 2.43 bits per heavy atom. The van der Waals surface area contributed by atoms with Crippen molar-refractivity contribution in [2.24, 2.45) is 5.10 Å². The molecule has 0 atom stereocenters. The molecule has 3 rings (SSSR count). The van der Waals surface area contributed by atoms with Gasteiger partial charge in [0.1, 0.15) is 11.5 Å². The molecule has 0 amide bonds. The molecule has 1 N–H and O–H groups in total. The van der Waals surface area contributed by atoms with Crippen LogP contribution in [0, 0.1) is 0 Å². The third-order valence-corrected chi connectivity index (χ3v) is 5.00. The van der Waals surface area contributed by atoms with Gasteiger partial charge in [-0.15, -0.1) is 11.3 Å². The first-order valence-corrected chi connectivity index (χ1v) is 9.80. The van der Waals surface area contributed by atoms with Gasteiger partial charge >= 0.3 is 6.18 Å². The minimum Gasteiger partial charge on any atom is -0.497 e. The van der Waals surface area contributed by atoms with Crippen molar-refractivity contribution >= 4 is 39.6 Å². The van der Waals surface area contributed by atoms with Crippen LogP contribution in [-0.2, 0) is 0 Å². The van der Waals surface area contributed by atoms with Crippen molar-refractivity contribution in [2.75, 3.05) is 12.5 Å². The first-order valence-electron chi connectivity index (χ1n) is 8.55. The molecule has 0 radical (unpaired) electrons. The quantitative estimate of drug-likeness (QED) is 0.268. The van der Waals surface area contributed by atoms with Crippen LogP contribution < -0.4 is 10.2 Å². The lowest BCUT2D eigenvalue weighted by Crippen LogP contribution is -2.27. The Kier molecular flexibility index (Phi) is 6.73. The average Bonchev–Trinajstić information content (AvgIpc) is 3.19. The average molecular weight is 454 g/mol. The number of hydrogen-bond donors (Lipinski definition) is 1. The number of ether oxygens (including phenoxy) is 1. The van der Waals surface area contributed by atoms with Crippen LogP contribution in [-0.4, -0.2) is 29.8 Å². The van der Waals surface area contributed by atoms with Crippen LogP contribution in [0.5, 0.6) is 5.75 Å². The van der Waals surface area contributed by atoms with Gasteiger partial charge in [0.2, 0.25) is 5.13 Å². The van der Waals surface area contributed by atoms with Crippen molar-refractivity contribution in [3.05, 3.63) is 64.5 Å². The van der Waals surface area contributed by atoms with E-state index < -0.39 is 24.1 Å². The van der Waals surface area contributed by atoms with Gasteiger partial charge in [-0.1, -0.05) is 11.6 Å². The van der Waals surface area contributed by atoms with E-state index in [0.717, 1.165) is 16.9 Å². The smallest absolute Gasteiger partial charge is 0.431 e. The van der Waals surface area contributed by atoms with Gasteiger partial charge in [0.05, 0.1) is 19.2 Å². The van der Waals surface area contributed by atoms with Gasteiger partial charge in [0, 0.05) is 21.5 Å². The van der Waals surface area contributed by atoms with Crippen molar-refractivity contribution in [3.8, 4) is 17.0 Å². The summed E-state index contributed by atoms with van der Waals surface area (Å²) in [6.07, 6.45) is -5.68. The molecule has 0 aliphatic heterocycles. The molecule has 0 unspecified atom stereocenters. The summed E-state index contributed by atoms with van der Waals surface area (Å²) in [5.74, 6) is -0.0419. The normalized spacial score (nSPS) is 12.0. The molecular formula is C20H15ClF3N3O2S. The molecule has 5 nitrogen and oxygen atoms in total. The lowest BCUT2D eigenvalue weighted by atomic mass is 10.1. The molecule has 0 bridgehead atoms. The van der Waals surface area contributed by atoms with E-state index in [1.54, 1.807) is 36.8 Å². The molecule has 10 heteroatoms. The number of aromatic nitrogens is 1. The monoisotopic (exact) mass is 453 g/mol. The minimum absolute atomic E-state index is 0.118. The lowest BCUT2D eigenvalue weighted by molar-refractivity contribution is -0.0602. The standard InChI is InChI=1S/C20H15ClF3N3O2S/c1-29-15-8-4-12(5-9-15)16-11-30-19(25-16)27-26-18(20(22,23)24)10-17(28)13-2-6-14(21)7-3-13/h2-9,11H,10H2,1H3,(H,25,27)/b26-18+. The van der Waals surface area contributed by atoms with Gasteiger partial charge in [-0.05, 0) is 48.5 Å². The number of carbonyl (C=O) groups is 1. The van der Waals surface area contributed by atoms with Crippen molar-refractivity contribution in [3.63, 3.8) is 0 Å². The predicted octanol–water partition coefficient (Wildman–Crippen LogP) is 6.08. The summed E-state index contributed by atoms with van der Waals surface area (Å²) in [6, 6.07) is 12.7. The van der Waals surface area contributed by atoms with Gasteiger partial charge in [-0.2, -0.15) is 18.3 Å². The number of nitrogens with one attached hydrogen (secondary N) is 1. The van der Waals surface area contributed by atoms with Crippen LogP contribution in [0.4, 0.5) is 18.3 Å². The van der Waals surface area contributed by atoms with Crippen molar-refractivity contribution < 1.29 is 22.7 Å². The molecular weight excluding hydrogens is 439 g/mol. The molecule has 1 heterocycles. The number of alkyl halides is 3. The Labute approximate surface area is 179 Å². The highest BCUT2D eigenvalue weighted by Crippen LogP contribution is 2.27. The molecule has 3 aromatic rings. The van der Waals surface area contributed by atoms with Crippen LogP contribution in [0.2, 0.25) is 5.02 Å². The fourth-order valence-electron chi connectivity index (χ4n) is 2.43. The lowest BCUT2D eigenvalue weighted by Gasteiger charge is -2.10. The van der Waals surface area contributed by atoms with E-state index in [9.17, 15) is 18.0 Å². The van der Waals surface area contributed by atoms with Crippen LogP contribution in [0.15, 0.2) is 59.0 Å². The summed E-state index contributed by atoms with van der Waals surface area (Å²) in [4.78, 5) is 16.4. The number of thiazole rings is 1. The molecule has 1 aromatic heterocycles. The van der Waals surface area contributed by atoms with E-state index in [-0.39, 0.29) is 10.7 Å². The zero-order chi connectivity index (χ0) is 21.7. The first kappa shape index (κ1) is 21.8. The third-order valence-electron chi connectivity index (χ3n) is 4.00. The van der Waals surface area contributed by atoms with Crippen LogP contribution in [0.3, 0.4) is 0 Å². The predicted molar refractivity (Wildman–Crippen MR) is 112 cm³/mol. The van der Waals surface area contributed by atoms with E-state index in [0.29, 0.717) is 16.5 Å². The Balaban J connectivity index is 1.74. The summed E-state index contributed by atoms with van der Waals surface area (Å²) < 4.78 is 45.1. The molecule has 156 valence electrons. The van der Waals surface area contributed by atoms with Gasteiger partial charge in [0.15, 0.2) is 5.78 Å². The number of anilines is 1. The molecule has 30 heavy (non-hydrogen) atoms. The van der Waals surface area contributed by atoms with Gasteiger partial charge in [0.25, 0.3) is 0 Å². The summed E-state index contributed by atoms with van der Waals surface area (Å²) >= 11 is 6.83. The van der Waals surface area contributed by atoms with E-state index in [1.807, 2.05) is 0 Å². The number of hydrogen-bond acceptors (Lipinski definition) is 6. The number of benzene rings is 2. The first-order chi connectivity index (χ1) is 14.3. The zero-order valence-electron chi connectivity index (χ0n) is 15.5. The molecule has 0 spiro atoms. The largest absolute Gasteiger partial charge is 0.497 e. The number of Topliss-reactive ketones (excluding diaryl/α,β-unsaturated/α-hetero) is 1. The van der Waals surface area contributed by atoms with E-state index >= 15 is 0 Å². The number of hydrazone groups is 1. The summed E-state index contributed by atoms with van der Waals surface area (Å²) in [6.45, 7) is 0. The molecule has 0 saturated carbocycles. The SMILES string of the molecule is COc1ccc(-c2csc(N/N=C(\CC(=O)c3ccc(Cl)cc3)C(F)(F)F)n2)cc1. The number of nitrogens with zero attached hydrogens (tertiary/aromatic N) is 2. The third kappa shape index (κ3) is 5.58. The van der Waals surface area contributed by atoms with E-state index in [1.165, 1.54) is 24.3 Å². The van der Waals surface area contributed by atoms with Crippen LogP contribution >= 0.6 is 22.9 Å². The highest BCUT2D eigenvalue weighted by atomic mass is 35.5. The number of rotatable bonds is 7. The molecule has 2 aromatic carbocycles. The van der Waals surface area contributed by atoms with Crippen molar-refractivity contribution in [2.45, 2.75) is 12.6 Å². The Morgan fingerprint density at radius 2 is 1.83 bits per heavy atom. The molecule has 0 fully saturated rings. The maximum Gasteiger partial charge on any atom is 0.431 e. The van der Waals surface area contributed by atoms with Crippen molar-refractivity contribution in [1.82, 2.24) is 4.98 Å². The van der Waals surface area contributed by atoms with E-state index in [4.69, 9.17) is 16.3 Å². The number of ketones is 1. The maximum absolute atomic E-state index is 13.3. The fourth-order valence-corrected chi connectivity index (χ4v) is 3.22. The highest BCUT2D eigenvalue weighted by molar-refractivity contribution is 7.14. The zero-order valence-corrected chi connectivity index (χ0v) is 17.1. The molecule has 0 aliphatic rings. The second-order valence-corrected chi connectivity index (χ2v) is 7.34. The number of carbonyl (C=O) groups excluding carboxylic acids is 1.